The fourth-order valence-electron chi connectivity index (χ4n) is 4.86. The Labute approximate surface area is 260 Å². The lowest BCUT2D eigenvalue weighted by molar-refractivity contribution is -0.132. The van der Waals surface area contributed by atoms with Gasteiger partial charge in [-0.1, -0.05) is 54.6 Å². The van der Waals surface area contributed by atoms with Gasteiger partial charge in [0, 0.05) is 43.6 Å². The number of ether oxygens (including phenoxy) is 2. The maximum absolute atomic E-state index is 14.1. The lowest BCUT2D eigenvalue weighted by Crippen LogP contribution is -2.31. The largest absolute Gasteiger partial charge is 0.427 e. The standard InChI is InChI=1S/C36H31N3O6/c1-24(40)44-31-19-20-32(34(21-31)45-25(2)41)36(43)39(22-26-9-5-4-6-10-26)30-17-14-28(15-18-30)35(42)38(3)23-29-16-13-27-11-7-8-12-33(27)37-29/h4-21H,22-23H2,1-3H3. The van der Waals surface area contributed by atoms with Gasteiger partial charge in [-0.05, 0) is 54.1 Å². The molecule has 0 unspecified atom stereocenters. The van der Waals surface area contributed by atoms with Gasteiger partial charge >= 0.3 is 11.9 Å². The highest BCUT2D eigenvalue weighted by molar-refractivity contribution is 6.08. The van der Waals surface area contributed by atoms with Crippen molar-refractivity contribution >= 4 is 40.3 Å². The molecule has 45 heavy (non-hydrogen) atoms. The molecule has 5 rings (SSSR count). The van der Waals surface area contributed by atoms with E-state index in [2.05, 4.69) is 4.98 Å². The van der Waals surface area contributed by atoms with Crippen LogP contribution in [0.3, 0.4) is 0 Å². The molecular formula is C36H31N3O6. The lowest BCUT2D eigenvalue weighted by atomic mass is 10.1. The molecule has 9 nitrogen and oxygen atoms in total. The minimum absolute atomic E-state index is 0.0416. The van der Waals surface area contributed by atoms with E-state index in [-0.39, 0.29) is 29.5 Å². The summed E-state index contributed by atoms with van der Waals surface area (Å²) in [6.07, 6.45) is 0. The molecule has 0 aliphatic rings. The first-order valence-corrected chi connectivity index (χ1v) is 14.2. The first-order chi connectivity index (χ1) is 21.7. The van der Waals surface area contributed by atoms with Gasteiger partial charge in [0.1, 0.15) is 11.5 Å². The summed E-state index contributed by atoms with van der Waals surface area (Å²) in [6, 6.07) is 32.1. The molecule has 1 aromatic heterocycles. The zero-order valence-electron chi connectivity index (χ0n) is 25.1. The number of rotatable bonds is 9. The van der Waals surface area contributed by atoms with Crippen LogP contribution in [0.2, 0.25) is 0 Å². The second-order valence-electron chi connectivity index (χ2n) is 10.4. The van der Waals surface area contributed by atoms with Crippen LogP contribution in [0.5, 0.6) is 11.5 Å². The van der Waals surface area contributed by atoms with E-state index in [1.54, 1.807) is 36.2 Å². The maximum Gasteiger partial charge on any atom is 0.308 e. The summed E-state index contributed by atoms with van der Waals surface area (Å²) in [5, 5.41) is 1.03. The van der Waals surface area contributed by atoms with E-state index in [0.717, 1.165) is 22.2 Å². The number of hydrogen-bond donors (Lipinski definition) is 0. The topological polar surface area (TPSA) is 106 Å². The average molecular weight is 602 g/mol. The Morgan fingerprint density at radius 3 is 2.09 bits per heavy atom. The van der Waals surface area contributed by atoms with Crippen LogP contribution in [0.1, 0.15) is 45.8 Å². The van der Waals surface area contributed by atoms with Gasteiger partial charge in [0.15, 0.2) is 0 Å². The molecule has 0 saturated heterocycles. The Morgan fingerprint density at radius 2 is 1.38 bits per heavy atom. The van der Waals surface area contributed by atoms with Crippen molar-refractivity contribution in [2.45, 2.75) is 26.9 Å². The van der Waals surface area contributed by atoms with Crippen molar-refractivity contribution in [3.8, 4) is 11.5 Å². The molecule has 0 aliphatic heterocycles. The fraction of sp³-hybridized carbons (Fsp3) is 0.139. The van der Waals surface area contributed by atoms with Gasteiger partial charge in [-0.25, -0.2) is 0 Å². The van der Waals surface area contributed by atoms with Crippen LogP contribution in [0.15, 0.2) is 109 Å². The average Bonchev–Trinajstić information content (AvgIpc) is 3.03. The minimum atomic E-state index is -0.635. The van der Waals surface area contributed by atoms with E-state index in [4.69, 9.17) is 9.47 Å². The Hall–Kier alpha value is -5.83. The smallest absolute Gasteiger partial charge is 0.308 e. The third-order valence-corrected chi connectivity index (χ3v) is 6.96. The van der Waals surface area contributed by atoms with Crippen molar-refractivity contribution < 1.29 is 28.7 Å². The van der Waals surface area contributed by atoms with E-state index >= 15 is 0 Å². The molecule has 1 heterocycles. The fourth-order valence-corrected chi connectivity index (χ4v) is 4.86. The first-order valence-electron chi connectivity index (χ1n) is 14.2. The van der Waals surface area contributed by atoms with Gasteiger partial charge in [-0.2, -0.15) is 0 Å². The third kappa shape index (κ3) is 7.58. The number of amides is 2. The number of pyridine rings is 1. The van der Waals surface area contributed by atoms with Crippen LogP contribution < -0.4 is 14.4 Å². The van der Waals surface area contributed by atoms with Crippen molar-refractivity contribution in [3.63, 3.8) is 0 Å². The summed E-state index contributed by atoms with van der Waals surface area (Å²) in [6.45, 7) is 2.99. The zero-order valence-corrected chi connectivity index (χ0v) is 25.1. The highest BCUT2D eigenvalue weighted by Gasteiger charge is 2.24. The monoisotopic (exact) mass is 601 g/mol. The maximum atomic E-state index is 14.1. The van der Waals surface area contributed by atoms with E-state index in [1.165, 1.54) is 36.9 Å². The highest BCUT2D eigenvalue weighted by Crippen LogP contribution is 2.30. The van der Waals surface area contributed by atoms with Crippen molar-refractivity contribution in [1.29, 1.82) is 0 Å². The minimum Gasteiger partial charge on any atom is -0.427 e. The first kappa shape index (κ1) is 30.6. The lowest BCUT2D eigenvalue weighted by Gasteiger charge is -2.25. The third-order valence-electron chi connectivity index (χ3n) is 6.96. The molecule has 0 radical (unpaired) electrons. The predicted octanol–water partition coefficient (Wildman–Crippen LogP) is 6.20. The van der Waals surface area contributed by atoms with Crippen molar-refractivity contribution in [2.75, 3.05) is 11.9 Å². The van der Waals surface area contributed by atoms with Crippen molar-refractivity contribution in [1.82, 2.24) is 9.88 Å². The number of para-hydroxylation sites is 1. The van der Waals surface area contributed by atoms with E-state index in [9.17, 15) is 19.2 Å². The molecule has 0 atom stereocenters. The van der Waals surface area contributed by atoms with Gasteiger partial charge in [-0.15, -0.1) is 0 Å². The van der Waals surface area contributed by atoms with Crippen LogP contribution in [0.25, 0.3) is 10.9 Å². The number of benzene rings is 4. The number of aromatic nitrogens is 1. The molecule has 4 aromatic carbocycles. The van der Waals surface area contributed by atoms with Crippen LogP contribution >= 0.6 is 0 Å². The number of carbonyl (C=O) groups is 4. The normalized spacial score (nSPS) is 10.6. The number of anilines is 1. The van der Waals surface area contributed by atoms with Crippen molar-refractivity contribution in [2.24, 2.45) is 0 Å². The molecule has 2 amide bonds. The van der Waals surface area contributed by atoms with Crippen LogP contribution in [0.4, 0.5) is 5.69 Å². The van der Waals surface area contributed by atoms with Gasteiger partial charge in [-0.3, -0.25) is 24.2 Å². The number of carbonyl (C=O) groups excluding carboxylic acids is 4. The summed E-state index contributed by atoms with van der Waals surface area (Å²) >= 11 is 0. The number of hydrogen-bond acceptors (Lipinski definition) is 7. The molecule has 0 saturated carbocycles. The molecule has 5 aromatic rings. The van der Waals surface area contributed by atoms with Crippen molar-refractivity contribution in [3.05, 3.63) is 132 Å². The van der Waals surface area contributed by atoms with Gasteiger partial charge < -0.3 is 19.3 Å². The van der Waals surface area contributed by atoms with E-state index in [1.807, 2.05) is 66.7 Å². The van der Waals surface area contributed by atoms with Crippen LogP contribution in [0, 0.1) is 0 Å². The summed E-state index contributed by atoms with van der Waals surface area (Å²) in [5.41, 5.74) is 3.56. The number of esters is 2. The second kappa shape index (κ2) is 13.6. The van der Waals surface area contributed by atoms with Crippen LogP contribution in [-0.2, 0) is 22.7 Å². The van der Waals surface area contributed by atoms with Gasteiger partial charge in [0.2, 0.25) is 0 Å². The van der Waals surface area contributed by atoms with Gasteiger partial charge in [0.05, 0.1) is 29.9 Å². The molecule has 0 bridgehead atoms. The summed E-state index contributed by atoms with van der Waals surface area (Å²) in [4.78, 5) is 58.5. The second-order valence-corrected chi connectivity index (χ2v) is 10.4. The predicted molar refractivity (Wildman–Crippen MR) is 170 cm³/mol. The molecule has 0 fully saturated rings. The Balaban J connectivity index is 1.41. The Bertz CT molecular complexity index is 1870. The number of fused-ring (bicyclic) bond motifs is 1. The number of nitrogens with zero attached hydrogens (tertiary/aromatic N) is 3. The Morgan fingerprint density at radius 1 is 0.689 bits per heavy atom. The summed E-state index contributed by atoms with van der Waals surface area (Å²) < 4.78 is 10.5. The molecule has 0 N–H and O–H groups in total. The molecular weight excluding hydrogens is 570 g/mol. The van der Waals surface area contributed by atoms with Crippen LogP contribution in [-0.4, -0.2) is 40.7 Å². The molecule has 9 heteroatoms. The zero-order chi connectivity index (χ0) is 31.9. The quantitative estimate of drug-likeness (QED) is 0.146. The summed E-state index contributed by atoms with van der Waals surface area (Å²) in [7, 11) is 1.72. The molecule has 226 valence electrons. The van der Waals surface area contributed by atoms with E-state index in [0.29, 0.717) is 17.8 Å². The SMILES string of the molecule is CC(=O)Oc1ccc(C(=O)N(Cc2ccccc2)c2ccc(C(=O)N(C)Cc3ccc4ccccc4n3)cc2)c(OC(C)=O)c1. The van der Waals surface area contributed by atoms with Gasteiger partial charge in [0.25, 0.3) is 11.8 Å². The molecule has 0 spiro atoms. The Kier molecular flexibility index (Phi) is 9.28. The molecule has 0 aliphatic carbocycles. The summed E-state index contributed by atoms with van der Waals surface area (Å²) in [5.74, 6) is -1.75. The van der Waals surface area contributed by atoms with E-state index < -0.39 is 17.8 Å². The highest BCUT2D eigenvalue weighted by atomic mass is 16.5.